The van der Waals surface area contributed by atoms with Gasteiger partial charge < -0.3 is 9.64 Å². The van der Waals surface area contributed by atoms with E-state index in [9.17, 15) is 13.2 Å². The SMILES string of the molecule is Cc1ccc(OCCC(=O)N(C)C2CCS(=O)(=O)C2)c(C)c1. The summed E-state index contributed by atoms with van der Waals surface area (Å²) in [5.41, 5.74) is 2.21. The molecule has 1 atom stereocenters. The summed E-state index contributed by atoms with van der Waals surface area (Å²) in [4.78, 5) is 13.7. The Morgan fingerprint density at radius 1 is 1.36 bits per heavy atom. The summed E-state index contributed by atoms with van der Waals surface area (Å²) in [7, 11) is -1.30. The molecule has 0 bridgehead atoms. The normalized spacial score (nSPS) is 19.9. The lowest BCUT2D eigenvalue weighted by atomic mass is 10.1. The number of sulfone groups is 1. The van der Waals surface area contributed by atoms with Crippen molar-refractivity contribution in [2.75, 3.05) is 25.2 Å². The zero-order valence-corrected chi connectivity index (χ0v) is 14.1. The smallest absolute Gasteiger partial charge is 0.226 e. The van der Waals surface area contributed by atoms with Crippen LogP contribution in [0.15, 0.2) is 18.2 Å². The van der Waals surface area contributed by atoms with E-state index in [2.05, 4.69) is 0 Å². The molecule has 1 aliphatic heterocycles. The van der Waals surface area contributed by atoms with Gasteiger partial charge in [-0.1, -0.05) is 17.7 Å². The Bertz CT molecular complexity index is 654. The highest BCUT2D eigenvalue weighted by Gasteiger charge is 2.32. The van der Waals surface area contributed by atoms with Gasteiger partial charge in [0.2, 0.25) is 5.91 Å². The first-order valence-electron chi connectivity index (χ1n) is 7.44. The van der Waals surface area contributed by atoms with E-state index >= 15 is 0 Å². The Labute approximate surface area is 132 Å². The molecule has 1 aliphatic rings. The van der Waals surface area contributed by atoms with Crippen LogP contribution in [0.1, 0.15) is 24.0 Å². The third-order valence-electron chi connectivity index (χ3n) is 4.05. The number of amides is 1. The van der Waals surface area contributed by atoms with Crippen LogP contribution in [-0.2, 0) is 14.6 Å². The number of benzene rings is 1. The summed E-state index contributed by atoms with van der Waals surface area (Å²) in [6.07, 6.45) is 0.781. The van der Waals surface area contributed by atoms with Crippen molar-refractivity contribution in [3.63, 3.8) is 0 Å². The number of ether oxygens (including phenoxy) is 1. The molecule has 0 N–H and O–H groups in total. The van der Waals surface area contributed by atoms with Crippen LogP contribution in [0.4, 0.5) is 0 Å². The molecule has 0 spiro atoms. The molecule has 1 fully saturated rings. The highest BCUT2D eigenvalue weighted by molar-refractivity contribution is 7.91. The minimum absolute atomic E-state index is 0.0766. The monoisotopic (exact) mass is 325 g/mol. The van der Waals surface area contributed by atoms with Crippen LogP contribution < -0.4 is 4.74 Å². The highest BCUT2D eigenvalue weighted by Crippen LogP contribution is 2.20. The third kappa shape index (κ3) is 4.22. The van der Waals surface area contributed by atoms with Gasteiger partial charge >= 0.3 is 0 Å². The van der Waals surface area contributed by atoms with Crippen molar-refractivity contribution in [3.8, 4) is 5.75 Å². The van der Waals surface area contributed by atoms with Crippen molar-refractivity contribution in [2.45, 2.75) is 32.7 Å². The quantitative estimate of drug-likeness (QED) is 0.827. The van der Waals surface area contributed by atoms with Crippen LogP contribution >= 0.6 is 0 Å². The predicted molar refractivity (Wildman–Crippen MR) is 85.9 cm³/mol. The van der Waals surface area contributed by atoms with Crippen LogP contribution in [0, 0.1) is 13.8 Å². The Balaban J connectivity index is 1.82. The number of nitrogens with zero attached hydrogens (tertiary/aromatic N) is 1. The zero-order valence-electron chi connectivity index (χ0n) is 13.3. The van der Waals surface area contributed by atoms with Gasteiger partial charge in [0, 0.05) is 13.1 Å². The maximum absolute atomic E-state index is 12.1. The van der Waals surface area contributed by atoms with Crippen molar-refractivity contribution in [1.29, 1.82) is 0 Å². The number of carbonyl (C=O) groups is 1. The third-order valence-corrected chi connectivity index (χ3v) is 5.80. The van der Waals surface area contributed by atoms with Crippen LogP contribution in [0.3, 0.4) is 0 Å². The van der Waals surface area contributed by atoms with E-state index in [1.807, 2.05) is 32.0 Å². The van der Waals surface area contributed by atoms with Crippen LogP contribution in [0.2, 0.25) is 0 Å². The van der Waals surface area contributed by atoms with E-state index in [0.29, 0.717) is 13.0 Å². The van der Waals surface area contributed by atoms with Crippen molar-refractivity contribution >= 4 is 15.7 Å². The largest absolute Gasteiger partial charge is 0.493 e. The summed E-state index contributed by atoms with van der Waals surface area (Å²) in [6, 6.07) is 5.72. The van der Waals surface area contributed by atoms with Crippen molar-refractivity contribution in [1.82, 2.24) is 4.90 Å². The van der Waals surface area contributed by atoms with E-state index in [1.54, 1.807) is 11.9 Å². The summed E-state index contributed by atoms with van der Waals surface area (Å²) < 4.78 is 28.6. The molecule has 0 radical (unpaired) electrons. The highest BCUT2D eigenvalue weighted by atomic mass is 32.2. The molecule has 1 amide bonds. The molecule has 6 heteroatoms. The molecule has 1 heterocycles. The lowest BCUT2D eigenvalue weighted by Gasteiger charge is -2.23. The summed E-state index contributed by atoms with van der Waals surface area (Å²) in [6.45, 7) is 4.29. The Kier molecular flexibility index (Phi) is 5.11. The predicted octanol–water partition coefficient (Wildman–Crippen LogP) is 1.72. The van der Waals surface area contributed by atoms with Gasteiger partial charge in [-0.15, -0.1) is 0 Å². The molecule has 2 rings (SSSR count). The number of hydrogen-bond donors (Lipinski definition) is 0. The number of aryl methyl sites for hydroxylation is 2. The van der Waals surface area contributed by atoms with Crippen LogP contribution in [-0.4, -0.2) is 50.4 Å². The summed E-state index contributed by atoms with van der Waals surface area (Å²) >= 11 is 0. The number of carbonyl (C=O) groups excluding carboxylic acids is 1. The molecule has 0 aliphatic carbocycles. The average Bonchev–Trinajstić information content (AvgIpc) is 2.80. The van der Waals surface area contributed by atoms with Crippen molar-refractivity contribution in [2.24, 2.45) is 0 Å². The topological polar surface area (TPSA) is 63.7 Å². The Hall–Kier alpha value is -1.56. The molecule has 0 aromatic heterocycles. The van der Waals surface area contributed by atoms with E-state index in [-0.39, 0.29) is 29.9 Å². The fraction of sp³-hybridized carbons (Fsp3) is 0.562. The molecule has 1 aromatic rings. The second-order valence-corrected chi connectivity index (χ2v) is 8.16. The summed E-state index contributed by atoms with van der Waals surface area (Å²) in [5, 5.41) is 0. The first kappa shape index (κ1) is 16.8. The average molecular weight is 325 g/mol. The van der Waals surface area contributed by atoms with Gasteiger partial charge in [0.25, 0.3) is 0 Å². The first-order valence-corrected chi connectivity index (χ1v) is 9.27. The molecule has 1 unspecified atom stereocenters. The van der Waals surface area contributed by atoms with Gasteiger partial charge in [0.15, 0.2) is 9.84 Å². The Morgan fingerprint density at radius 2 is 2.09 bits per heavy atom. The van der Waals surface area contributed by atoms with Crippen molar-refractivity contribution < 1.29 is 17.9 Å². The molecule has 1 aromatic carbocycles. The minimum atomic E-state index is -2.97. The molecule has 5 nitrogen and oxygen atoms in total. The molecule has 0 saturated carbocycles. The fourth-order valence-corrected chi connectivity index (χ4v) is 4.44. The maximum Gasteiger partial charge on any atom is 0.226 e. The van der Waals surface area contributed by atoms with E-state index in [1.165, 1.54) is 5.56 Å². The second-order valence-electron chi connectivity index (χ2n) is 5.93. The zero-order chi connectivity index (χ0) is 16.3. The fourth-order valence-electron chi connectivity index (χ4n) is 2.67. The number of hydrogen-bond acceptors (Lipinski definition) is 4. The van der Waals surface area contributed by atoms with Gasteiger partial charge in [0.05, 0.1) is 24.5 Å². The minimum Gasteiger partial charge on any atom is -0.493 e. The Morgan fingerprint density at radius 3 is 2.68 bits per heavy atom. The standard InChI is InChI=1S/C16H23NO4S/c1-12-4-5-15(13(2)10-12)21-8-6-16(18)17(3)14-7-9-22(19,20)11-14/h4-5,10,14H,6-9,11H2,1-3H3. The lowest BCUT2D eigenvalue weighted by molar-refractivity contribution is -0.132. The molecular formula is C16H23NO4S. The summed E-state index contributed by atoms with van der Waals surface area (Å²) in [5.74, 6) is 0.956. The van der Waals surface area contributed by atoms with Gasteiger partial charge in [-0.05, 0) is 31.9 Å². The molecule has 1 saturated heterocycles. The molecular weight excluding hydrogens is 302 g/mol. The van der Waals surface area contributed by atoms with Gasteiger partial charge in [-0.3, -0.25) is 4.79 Å². The van der Waals surface area contributed by atoms with E-state index in [0.717, 1.165) is 11.3 Å². The molecule has 122 valence electrons. The van der Waals surface area contributed by atoms with Crippen LogP contribution in [0.25, 0.3) is 0 Å². The number of rotatable bonds is 5. The second kappa shape index (κ2) is 6.69. The lowest BCUT2D eigenvalue weighted by Crippen LogP contribution is -2.38. The van der Waals surface area contributed by atoms with Crippen LogP contribution in [0.5, 0.6) is 5.75 Å². The van der Waals surface area contributed by atoms with Gasteiger partial charge in [-0.2, -0.15) is 0 Å². The van der Waals surface area contributed by atoms with E-state index < -0.39 is 9.84 Å². The molecule has 22 heavy (non-hydrogen) atoms. The first-order chi connectivity index (χ1) is 10.3. The van der Waals surface area contributed by atoms with Crippen molar-refractivity contribution in [3.05, 3.63) is 29.3 Å². The van der Waals surface area contributed by atoms with Gasteiger partial charge in [-0.25, -0.2) is 8.42 Å². The van der Waals surface area contributed by atoms with Gasteiger partial charge in [0.1, 0.15) is 5.75 Å². The van der Waals surface area contributed by atoms with E-state index in [4.69, 9.17) is 4.74 Å². The maximum atomic E-state index is 12.1.